The van der Waals surface area contributed by atoms with Crippen molar-refractivity contribution in [1.29, 1.82) is 0 Å². The lowest BCUT2D eigenvalue weighted by atomic mass is 9.93. The second-order valence-electron chi connectivity index (χ2n) is 10.6. The fraction of sp³-hybridized carbons (Fsp3) is 0.364. The number of fused-ring (bicyclic) bond motifs is 4. The molecule has 3 aromatic carbocycles. The van der Waals surface area contributed by atoms with E-state index in [-0.39, 0.29) is 24.2 Å². The molecule has 0 saturated heterocycles. The van der Waals surface area contributed by atoms with Crippen LogP contribution in [0.3, 0.4) is 0 Å². The van der Waals surface area contributed by atoms with Gasteiger partial charge in [-0.1, -0.05) is 73.6 Å². The molecule has 1 unspecified atom stereocenters. The Balaban J connectivity index is 1.37. The van der Waals surface area contributed by atoms with E-state index < -0.39 is 6.16 Å². The Kier molecular flexibility index (Phi) is 9.26. The summed E-state index contributed by atoms with van der Waals surface area (Å²) >= 11 is 0. The van der Waals surface area contributed by atoms with Crippen molar-refractivity contribution in [2.45, 2.75) is 64.7 Å². The van der Waals surface area contributed by atoms with Gasteiger partial charge in [-0.2, -0.15) is 0 Å². The molecule has 1 N–H and O–H groups in total. The molecule has 0 bridgehead atoms. The number of ketones is 1. The molecule has 218 valence electrons. The zero-order chi connectivity index (χ0) is 29.5. The second kappa shape index (κ2) is 13.4. The third-order valence-electron chi connectivity index (χ3n) is 7.58. The molecule has 1 aliphatic carbocycles. The molecule has 1 aromatic heterocycles. The van der Waals surface area contributed by atoms with Crippen LogP contribution in [0.2, 0.25) is 0 Å². The summed E-state index contributed by atoms with van der Waals surface area (Å²) < 4.78 is 5.63. The molecular weight excluding hydrogens is 532 g/mol. The number of unbranched alkanes of at least 4 members (excludes halogenated alkanes) is 1. The van der Waals surface area contributed by atoms with Gasteiger partial charge in [0.2, 0.25) is 5.91 Å². The van der Waals surface area contributed by atoms with E-state index in [4.69, 9.17) is 9.57 Å². The van der Waals surface area contributed by atoms with Gasteiger partial charge in [0, 0.05) is 30.9 Å². The summed E-state index contributed by atoms with van der Waals surface area (Å²) in [5.41, 5.74) is 6.75. The Labute approximate surface area is 245 Å². The predicted molar refractivity (Wildman–Crippen MR) is 159 cm³/mol. The summed E-state index contributed by atoms with van der Waals surface area (Å²) in [5, 5.41) is 10.8. The van der Waals surface area contributed by atoms with Gasteiger partial charge in [-0.25, -0.2) is 4.79 Å². The lowest BCUT2D eigenvalue weighted by Gasteiger charge is -2.15. The van der Waals surface area contributed by atoms with E-state index in [0.29, 0.717) is 36.0 Å². The van der Waals surface area contributed by atoms with Crippen LogP contribution in [-0.4, -0.2) is 46.2 Å². The Bertz CT molecular complexity index is 1590. The van der Waals surface area contributed by atoms with Gasteiger partial charge in [0.25, 0.3) is 0 Å². The van der Waals surface area contributed by atoms with Gasteiger partial charge in [-0.05, 0) is 70.8 Å². The molecule has 1 heterocycles. The molecular formula is C33H36N4O5. The van der Waals surface area contributed by atoms with Crippen molar-refractivity contribution in [3.05, 3.63) is 82.9 Å². The quantitative estimate of drug-likeness (QED) is 0.119. The van der Waals surface area contributed by atoms with Crippen LogP contribution in [0.4, 0.5) is 4.79 Å². The molecule has 42 heavy (non-hydrogen) atoms. The number of amides is 1. The Morgan fingerprint density at radius 2 is 1.79 bits per heavy atom. The largest absolute Gasteiger partial charge is 0.535 e. The molecule has 9 nitrogen and oxygen atoms in total. The average molecular weight is 569 g/mol. The van der Waals surface area contributed by atoms with Crippen LogP contribution in [0, 0.1) is 0 Å². The molecule has 5 rings (SSSR count). The molecule has 1 amide bonds. The normalized spacial score (nSPS) is 13.4. The van der Waals surface area contributed by atoms with Crippen LogP contribution < -0.4 is 10.2 Å². The van der Waals surface area contributed by atoms with Crippen LogP contribution in [0.5, 0.6) is 0 Å². The summed E-state index contributed by atoms with van der Waals surface area (Å²) in [6.07, 6.45) is 4.19. The smallest absolute Gasteiger partial charge is 0.432 e. The summed E-state index contributed by atoms with van der Waals surface area (Å²) in [6.45, 7) is 4.82. The number of ether oxygens (including phenoxy) is 1. The monoisotopic (exact) mass is 568 g/mol. The number of aromatic nitrogens is 3. The van der Waals surface area contributed by atoms with Crippen molar-refractivity contribution >= 4 is 28.9 Å². The van der Waals surface area contributed by atoms with Crippen LogP contribution >= 0.6 is 0 Å². The molecule has 1 aliphatic rings. The molecule has 0 fully saturated rings. The third-order valence-corrected chi connectivity index (χ3v) is 7.58. The number of aryl methyl sites for hydroxylation is 1. The Morgan fingerprint density at radius 3 is 2.62 bits per heavy atom. The van der Waals surface area contributed by atoms with Gasteiger partial charge in [0.15, 0.2) is 5.78 Å². The highest BCUT2D eigenvalue weighted by Gasteiger charge is 2.33. The minimum absolute atomic E-state index is 0.0287. The van der Waals surface area contributed by atoms with Crippen molar-refractivity contribution in [2.24, 2.45) is 0 Å². The van der Waals surface area contributed by atoms with Crippen molar-refractivity contribution in [2.75, 3.05) is 13.2 Å². The maximum absolute atomic E-state index is 13.2. The topological polar surface area (TPSA) is 112 Å². The molecule has 4 aromatic rings. The summed E-state index contributed by atoms with van der Waals surface area (Å²) in [5.74, 6) is -0.103. The van der Waals surface area contributed by atoms with E-state index in [2.05, 4.69) is 40.8 Å². The number of nitrogens with zero attached hydrogens (tertiary/aromatic N) is 3. The van der Waals surface area contributed by atoms with E-state index >= 15 is 0 Å². The van der Waals surface area contributed by atoms with Gasteiger partial charge in [0.05, 0.1) is 0 Å². The Morgan fingerprint density at radius 1 is 0.929 bits per heavy atom. The number of hydrogen-bond acceptors (Lipinski definition) is 7. The first-order chi connectivity index (χ1) is 20.5. The minimum atomic E-state index is -0.898. The van der Waals surface area contributed by atoms with Gasteiger partial charge in [-0.15, -0.1) is 5.10 Å². The highest BCUT2D eigenvalue weighted by Crippen LogP contribution is 2.47. The summed E-state index contributed by atoms with van der Waals surface area (Å²) in [7, 11) is 0. The number of rotatable bonds is 13. The van der Waals surface area contributed by atoms with Crippen LogP contribution in [-0.2, 0) is 16.0 Å². The number of para-hydroxylation sites is 1. The Hall–Kier alpha value is -4.53. The first kappa shape index (κ1) is 29.0. The van der Waals surface area contributed by atoms with Gasteiger partial charge < -0.3 is 10.1 Å². The number of Topliss-reactive ketones (excluding diaryl/α,β-unsaturated/α-hetero) is 1. The minimum Gasteiger partial charge on any atom is -0.432 e. The van der Waals surface area contributed by atoms with E-state index in [9.17, 15) is 14.4 Å². The van der Waals surface area contributed by atoms with Crippen molar-refractivity contribution < 1.29 is 24.0 Å². The van der Waals surface area contributed by atoms with Crippen LogP contribution in [0.25, 0.3) is 22.2 Å². The number of carbonyl (C=O) groups is 3. The number of nitrogens with one attached hydrogen (secondary N) is 1. The van der Waals surface area contributed by atoms with Crippen molar-refractivity contribution in [3.8, 4) is 11.1 Å². The zero-order valence-corrected chi connectivity index (χ0v) is 24.1. The standard InChI is InChI=1S/C33H36N4O5/c1-3-5-15-30(38)25-12-9-11-23-27(21-41-33(40)42-37-29-14-7-6-13-28(29)35-36-37)26-20-22(17-18-24(26)32(23)25)10-8-16-31(39)34-19-4-2/h6-7,9,11-14,17-18,20,27H,3-5,8,10,15-16,19,21H2,1-2H3,(H,34,39). The lowest BCUT2D eigenvalue weighted by molar-refractivity contribution is -0.121. The predicted octanol–water partition coefficient (Wildman–Crippen LogP) is 6.03. The summed E-state index contributed by atoms with van der Waals surface area (Å²) in [6, 6.07) is 19.2. The van der Waals surface area contributed by atoms with Gasteiger partial charge in [0.1, 0.15) is 17.6 Å². The van der Waals surface area contributed by atoms with Gasteiger partial charge >= 0.3 is 6.16 Å². The number of hydrogen-bond donors (Lipinski definition) is 1. The fourth-order valence-electron chi connectivity index (χ4n) is 5.47. The molecule has 9 heteroatoms. The summed E-state index contributed by atoms with van der Waals surface area (Å²) in [4.78, 5) is 44.4. The number of benzene rings is 3. The van der Waals surface area contributed by atoms with E-state index in [1.807, 2.05) is 31.2 Å². The van der Waals surface area contributed by atoms with Crippen LogP contribution in [0.15, 0.2) is 60.7 Å². The van der Waals surface area contributed by atoms with E-state index in [1.54, 1.807) is 18.2 Å². The highest BCUT2D eigenvalue weighted by molar-refractivity contribution is 6.04. The van der Waals surface area contributed by atoms with Crippen molar-refractivity contribution in [3.63, 3.8) is 0 Å². The lowest BCUT2D eigenvalue weighted by Crippen LogP contribution is -2.24. The van der Waals surface area contributed by atoms with Gasteiger partial charge in [-0.3, -0.25) is 14.4 Å². The van der Waals surface area contributed by atoms with E-state index in [1.165, 1.54) is 0 Å². The number of carbonyl (C=O) groups excluding carboxylic acids is 3. The van der Waals surface area contributed by atoms with E-state index in [0.717, 1.165) is 64.8 Å². The fourth-order valence-corrected chi connectivity index (χ4v) is 5.47. The van der Waals surface area contributed by atoms with Crippen LogP contribution in [0.1, 0.15) is 85.3 Å². The second-order valence-corrected chi connectivity index (χ2v) is 10.6. The third kappa shape index (κ3) is 6.35. The molecule has 0 saturated carbocycles. The first-order valence-electron chi connectivity index (χ1n) is 14.7. The highest BCUT2D eigenvalue weighted by atomic mass is 16.8. The molecule has 0 radical (unpaired) electrons. The van der Waals surface area contributed by atoms with Crippen molar-refractivity contribution in [1.82, 2.24) is 20.5 Å². The average Bonchev–Trinajstić information content (AvgIpc) is 3.55. The maximum Gasteiger partial charge on any atom is 0.535 e. The molecule has 0 spiro atoms. The molecule has 0 aliphatic heterocycles. The SMILES string of the molecule is CCCCC(=O)c1cccc2c1-c1ccc(CCCC(=O)NCCC)cc1C2COC(=O)On1nnc2ccccc21. The maximum atomic E-state index is 13.2. The molecule has 1 atom stereocenters. The first-order valence-corrected chi connectivity index (χ1v) is 14.7. The zero-order valence-electron chi connectivity index (χ0n) is 24.1.